The number of hydrogen-bond acceptors (Lipinski definition) is 1. The van der Waals surface area contributed by atoms with Gasteiger partial charge in [0.1, 0.15) is 5.82 Å². The zero-order valence-electron chi connectivity index (χ0n) is 8.11. The van der Waals surface area contributed by atoms with Crippen molar-refractivity contribution in [2.75, 3.05) is 0 Å². The van der Waals surface area contributed by atoms with E-state index in [0.717, 1.165) is 12.1 Å². The van der Waals surface area contributed by atoms with Crippen molar-refractivity contribution < 1.29 is 17.6 Å². The predicted molar refractivity (Wildman–Crippen MR) is 48.8 cm³/mol. The first-order chi connectivity index (χ1) is 6.79. The van der Waals surface area contributed by atoms with E-state index in [0.29, 0.717) is 6.07 Å². The fourth-order valence-electron chi connectivity index (χ4n) is 1.30. The van der Waals surface area contributed by atoms with Crippen molar-refractivity contribution in [2.45, 2.75) is 25.6 Å². The van der Waals surface area contributed by atoms with Gasteiger partial charge in [-0.3, -0.25) is 0 Å². The lowest BCUT2D eigenvalue weighted by atomic mass is 10.0. The lowest BCUT2D eigenvalue weighted by molar-refractivity contribution is -0.137. The van der Waals surface area contributed by atoms with Crippen LogP contribution in [0.4, 0.5) is 17.6 Å². The molecule has 1 aromatic rings. The standard InChI is InChI=1S/C10H11F4N/c1-6(15)2-7-3-8(10(12,13)14)5-9(11)4-7/h3-6H,2,15H2,1H3/t6-/m1/s1. The van der Waals surface area contributed by atoms with Gasteiger partial charge in [-0.1, -0.05) is 0 Å². The summed E-state index contributed by atoms with van der Waals surface area (Å²) in [7, 11) is 0. The highest BCUT2D eigenvalue weighted by Crippen LogP contribution is 2.30. The molecular formula is C10H11F4N. The van der Waals surface area contributed by atoms with Crippen LogP contribution >= 0.6 is 0 Å². The Hall–Kier alpha value is -1.10. The van der Waals surface area contributed by atoms with Gasteiger partial charge >= 0.3 is 6.18 Å². The number of nitrogens with two attached hydrogens (primary N) is 1. The van der Waals surface area contributed by atoms with Crippen LogP contribution in [0.2, 0.25) is 0 Å². The second kappa shape index (κ2) is 4.18. The van der Waals surface area contributed by atoms with Gasteiger partial charge in [-0.2, -0.15) is 13.2 Å². The van der Waals surface area contributed by atoms with Gasteiger partial charge in [0, 0.05) is 6.04 Å². The maximum atomic E-state index is 12.9. The fourth-order valence-corrected chi connectivity index (χ4v) is 1.30. The van der Waals surface area contributed by atoms with E-state index in [1.807, 2.05) is 0 Å². The third-order valence-electron chi connectivity index (χ3n) is 1.84. The first-order valence-corrected chi connectivity index (χ1v) is 4.41. The van der Waals surface area contributed by atoms with Crippen molar-refractivity contribution >= 4 is 0 Å². The molecule has 0 saturated heterocycles. The SMILES string of the molecule is C[C@@H](N)Cc1cc(F)cc(C(F)(F)F)c1. The molecule has 0 aliphatic rings. The molecule has 0 unspecified atom stereocenters. The van der Waals surface area contributed by atoms with Crippen molar-refractivity contribution in [1.82, 2.24) is 0 Å². The third-order valence-corrected chi connectivity index (χ3v) is 1.84. The van der Waals surface area contributed by atoms with Crippen LogP contribution in [-0.4, -0.2) is 6.04 Å². The quantitative estimate of drug-likeness (QED) is 0.763. The normalized spacial score (nSPS) is 14.0. The first kappa shape index (κ1) is 12.0. The maximum Gasteiger partial charge on any atom is 0.416 e. The van der Waals surface area contributed by atoms with Gasteiger partial charge in [0.25, 0.3) is 0 Å². The zero-order valence-corrected chi connectivity index (χ0v) is 8.11. The number of rotatable bonds is 2. The lowest BCUT2D eigenvalue weighted by Crippen LogP contribution is -2.18. The van der Waals surface area contributed by atoms with Crippen LogP contribution in [0.5, 0.6) is 0 Å². The number of halogens is 4. The Balaban J connectivity index is 3.06. The Morgan fingerprint density at radius 2 is 1.87 bits per heavy atom. The lowest BCUT2D eigenvalue weighted by Gasteiger charge is -2.10. The molecule has 0 fully saturated rings. The summed E-state index contributed by atoms with van der Waals surface area (Å²) in [6, 6.07) is 2.17. The van der Waals surface area contributed by atoms with E-state index in [1.54, 1.807) is 6.92 Å². The van der Waals surface area contributed by atoms with Gasteiger partial charge in [-0.15, -0.1) is 0 Å². The van der Waals surface area contributed by atoms with Gasteiger partial charge in [0.05, 0.1) is 5.56 Å². The number of benzene rings is 1. The van der Waals surface area contributed by atoms with E-state index in [9.17, 15) is 17.6 Å². The highest BCUT2D eigenvalue weighted by atomic mass is 19.4. The molecule has 0 aromatic heterocycles. The van der Waals surface area contributed by atoms with E-state index < -0.39 is 17.6 Å². The van der Waals surface area contributed by atoms with Crippen molar-refractivity contribution in [1.29, 1.82) is 0 Å². The van der Waals surface area contributed by atoms with Crippen molar-refractivity contribution in [3.8, 4) is 0 Å². The minimum atomic E-state index is -4.52. The van der Waals surface area contributed by atoms with Gasteiger partial charge in [-0.05, 0) is 37.1 Å². The summed E-state index contributed by atoms with van der Waals surface area (Å²) in [6.45, 7) is 1.65. The number of alkyl halides is 3. The molecule has 1 aromatic carbocycles. The monoisotopic (exact) mass is 221 g/mol. The predicted octanol–water partition coefficient (Wildman–Crippen LogP) is 2.73. The largest absolute Gasteiger partial charge is 0.416 e. The van der Waals surface area contributed by atoms with E-state index >= 15 is 0 Å². The van der Waals surface area contributed by atoms with E-state index in [4.69, 9.17) is 5.73 Å². The van der Waals surface area contributed by atoms with Gasteiger partial charge in [0.2, 0.25) is 0 Å². The van der Waals surface area contributed by atoms with E-state index in [1.165, 1.54) is 0 Å². The second-order valence-corrected chi connectivity index (χ2v) is 3.53. The molecule has 0 bridgehead atoms. The summed E-state index contributed by atoms with van der Waals surface area (Å²) in [4.78, 5) is 0. The molecule has 0 radical (unpaired) electrons. The van der Waals surface area contributed by atoms with E-state index in [2.05, 4.69) is 0 Å². The third kappa shape index (κ3) is 3.51. The average molecular weight is 221 g/mol. The molecular weight excluding hydrogens is 210 g/mol. The molecule has 84 valence electrons. The Bertz CT molecular complexity index is 344. The molecule has 5 heteroatoms. The molecule has 15 heavy (non-hydrogen) atoms. The second-order valence-electron chi connectivity index (χ2n) is 3.53. The van der Waals surface area contributed by atoms with Crippen LogP contribution in [0.3, 0.4) is 0 Å². The maximum absolute atomic E-state index is 12.9. The Labute approximate surface area is 84.9 Å². The molecule has 0 aliphatic carbocycles. The molecule has 1 nitrogen and oxygen atoms in total. The van der Waals surface area contributed by atoms with Crippen molar-refractivity contribution in [3.05, 3.63) is 35.1 Å². The topological polar surface area (TPSA) is 26.0 Å². The fraction of sp³-hybridized carbons (Fsp3) is 0.400. The Morgan fingerprint density at radius 3 is 2.33 bits per heavy atom. The summed E-state index contributed by atoms with van der Waals surface area (Å²) in [5.41, 5.74) is 4.72. The summed E-state index contributed by atoms with van der Waals surface area (Å²) < 4.78 is 49.7. The van der Waals surface area contributed by atoms with Crippen molar-refractivity contribution in [2.24, 2.45) is 5.73 Å². The highest BCUT2D eigenvalue weighted by molar-refractivity contribution is 5.27. The molecule has 0 spiro atoms. The Morgan fingerprint density at radius 1 is 1.27 bits per heavy atom. The van der Waals surface area contributed by atoms with Crippen molar-refractivity contribution in [3.63, 3.8) is 0 Å². The first-order valence-electron chi connectivity index (χ1n) is 4.41. The molecule has 2 N–H and O–H groups in total. The van der Waals surface area contributed by atoms with Gasteiger partial charge < -0.3 is 5.73 Å². The zero-order chi connectivity index (χ0) is 11.6. The molecule has 0 heterocycles. The van der Waals surface area contributed by atoms with E-state index in [-0.39, 0.29) is 18.0 Å². The average Bonchev–Trinajstić information content (AvgIpc) is 1.99. The van der Waals surface area contributed by atoms with Crippen LogP contribution in [0.25, 0.3) is 0 Å². The molecule has 1 atom stereocenters. The minimum absolute atomic E-state index is 0.223. The van der Waals surface area contributed by atoms with Gasteiger partial charge in [0.15, 0.2) is 0 Å². The highest BCUT2D eigenvalue weighted by Gasteiger charge is 2.31. The summed E-state index contributed by atoms with van der Waals surface area (Å²) in [5, 5.41) is 0. The summed E-state index contributed by atoms with van der Waals surface area (Å²) in [5.74, 6) is -0.888. The summed E-state index contributed by atoms with van der Waals surface area (Å²) >= 11 is 0. The molecule has 0 amide bonds. The van der Waals surface area contributed by atoms with Gasteiger partial charge in [-0.25, -0.2) is 4.39 Å². The molecule has 0 saturated carbocycles. The molecule has 1 rings (SSSR count). The van der Waals surface area contributed by atoms with Crippen LogP contribution < -0.4 is 5.73 Å². The van der Waals surface area contributed by atoms with Crippen LogP contribution in [0.15, 0.2) is 18.2 Å². The van der Waals surface area contributed by atoms with Crippen LogP contribution in [-0.2, 0) is 12.6 Å². The number of hydrogen-bond donors (Lipinski definition) is 1. The van der Waals surface area contributed by atoms with Crippen LogP contribution in [0, 0.1) is 5.82 Å². The Kier molecular flexibility index (Phi) is 3.34. The van der Waals surface area contributed by atoms with Crippen LogP contribution in [0.1, 0.15) is 18.1 Å². The summed E-state index contributed by atoms with van der Waals surface area (Å²) in [6.07, 6.45) is -4.30. The molecule has 0 aliphatic heterocycles. The smallest absolute Gasteiger partial charge is 0.328 e. The minimum Gasteiger partial charge on any atom is -0.328 e.